The zero-order valence-corrected chi connectivity index (χ0v) is 14.5. The van der Waals surface area contributed by atoms with Gasteiger partial charge in [-0.3, -0.25) is 14.5 Å². The minimum Gasteiger partial charge on any atom is -0.361 e. The molecule has 1 N–H and O–H groups in total. The van der Waals surface area contributed by atoms with E-state index < -0.39 is 0 Å². The first-order valence-corrected chi connectivity index (χ1v) is 9.24. The number of imide groups is 1. The number of rotatable bonds is 2. The van der Waals surface area contributed by atoms with Gasteiger partial charge in [0.25, 0.3) is 0 Å². The number of carbonyl (C=O) groups is 2. The molecule has 3 heterocycles. The lowest BCUT2D eigenvalue weighted by atomic mass is 9.72. The first kappa shape index (κ1) is 15.1. The summed E-state index contributed by atoms with van der Waals surface area (Å²) >= 11 is 0. The summed E-state index contributed by atoms with van der Waals surface area (Å²) in [7, 11) is 2.19. The number of amides is 2. The predicted octanol–water partition coefficient (Wildman–Crippen LogP) is 2.28. The smallest absolute Gasteiger partial charge is 0.229 e. The molecule has 130 valence electrons. The van der Waals surface area contributed by atoms with Crippen LogP contribution in [0.3, 0.4) is 0 Å². The van der Waals surface area contributed by atoms with Crippen LogP contribution in [0.5, 0.6) is 0 Å². The molecule has 0 saturated carbocycles. The molecule has 2 aliphatic heterocycles. The number of hydrogen-bond acceptors (Lipinski definition) is 3. The molecule has 1 aromatic heterocycles. The Morgan fingerprint density at radius 1 is 1.20 bits per heavy atom. The van der Waals surface area contributed by atoms with Crippen LogP contribution in [0.4, 0.5) is 0 Å². The Bertz CT molecular complexity index is 855. The van der Waals surface area contributed by atoms with Gasteiger partial charge in [-0.05, 0) is 43.0 Å². The van der Waals surface area contributed by atoms with E-state index in [-0.39, 0.29) is 11.8 Å². The fraction of sp³-hybridized carbons (Fsp3) is 0.500. The fourth-order valence-corrected chi connectivity index (χ4v) is 5.27. The van der Waals surface area contributed by atoms with Crippen LogP contribution in [0.1, 0.15) is 36.3 Å². The second kappa shape index (κ2) is 5.43. The fourth-order valence-electron chi connectivity index (χ4n) is 5.27. The van der Waals surface area contributed by atoms with Crippen LogP contribution in [0.15, 0.2) is 24.4 Å². The number of nitrogens with zero attached hydrogens (tertiary/aromatic N) is 2. The van der Waals surface area contributed by atoms with E-state index in [1.165, 1.54) is 26.9 Å². The Kier molecular flexibility index (Phi) is 3.29. The van der Waals surface area contributed by atoms with Gasteiger partial charge >= 0.3 is 0 Å². The van der Waals surface area contributed by atoms with Crippen molar-refractivity contribution in [1.29, 1.82) is 0 Å². The highest BCUT2D eigenvalue weighted by Crippen LogP contribution is 2.44. The van der Waals surface area contributed by atoms with Crippen molar-refractivity contribution >= 4 is 22.7 Å². The van der Waals surface area contributed by atoms with Crippen molar-refractivity contribution in [3.05, 3.63) is 35.5 Å². The molecule has 3 aliphatic rings. The number of aromatic nitrogens is 1. The molecule has 5 heteroatoms. The summed E-state index contributed by atoms with van der Waals surface area (Å²) in [5, 5.41) is 1.39. The lowest BCUT2D eigenvalue weighted by Gasteiger charge is -2.46. The van der Waals surface area contributed by atoms with Gasteiger partial charge in [0.05, 0.1) is 0 Å². The zero-order valence-electron chi connectivity index (χ0n) is 14.5. The third kappa shape index (κ3) is 2.25. The predicted molar refractivity (Wildman–Crippen MR) is 95.2 cm³/mol. The topological polar surface area (TPSA) is 56.4 Å². The summed E-state index contributed by atoms with van der Waals surface area (Å²) in [6, 6.07) is 7.06. The van der Waals surface area contributed by atoms with Gasteiger partial charge < -0.3 is 9.88 Å². The Morgan fingerprint density at radius 2 is 2.00 bits per heavy atom. The molecule has 2 aromatic rings. The largest absolute Gasteiger partial charge is 0.361 e. The number of likely N-dealkylation sites (N-methyl/N-ethyl adjacent to an activating group) is 1. The van der Waals surface area contributed by atoms with E-state index in [1.54, 1.807) is 0 Å². The average Bonchev–Trinajstić information content (AvgIpc) is 3.16. The Labute approximate surface area is 147 Å². The van der Waals surface area contributed by atoms with Crippen LogP contribution in [-0.4, -0.2) is 52.8 Å². The molecule has 0 spiro atoms. The summed E-state index contributed by atoms with van der Waals surface area (Å²) in [6.45, 7) is 1.54. The van der Waals surface area contributed by atoms with Gasteiger partial charge in [-0.25, -0.2) is 0 Å². The number of nitrogens with one attached hydrogen (secondary N) is 1. The van der Waals surface area contributed by atoms with Crippen LogP contribution in [-0.2, 0) is 16.0 Å². The molecule has 2 saturated heterocycles. The Balaban J connectivity index is 1.46. The minimum atomic E-state index is 0.00782. The third-order valence-electron chi connectivity index (χ3n) is 6.41. The highest BCUT2D eigenvalue weighted by Gasteiger charge is 2.41. The Hall–Kier alpha value is -2.14. The van der Waals surface area contributed by atoms with Crippen molar-refractivity contribution in [3.8, 4) is 0 Å². The maximum atomic E-state index is 12.0. The zero-order chi connectivity index (χ0) is 17.1. The number of piperidine rings is 1. The molecule has 0 radical (unpaired) electrons. The van der Waals surface area contributed by atoms with Crippen LogP contribution in [0.2, 0.25) is 0 Å². The van der Waals surface area contributed by atoms with Gasteiger partial charge in [0, 0.05) is 55.0 Å². The van der Waals surface area contributed by atoms with Crippen LogP contribution in [0.25, 0.3) is 10.9 Å². The number of fused-ring (bicyclic) bond motifs is 2. The number of aromatic amines is 1. The molecule has 1 aliphatic carbocycles. The second-order valence-electron chi connectivity index (χ2n) is 7.90. The number of hydrogen-bond donors (Lipinski definition) is 1. The van der Waals surface area contributed by atoms with Gasteiger partial charge in [0.2, 0.25) is 11.8 Å². The Morgan fingerprint density at radius 3 is 2.80 bits per heavy atom. The van der Waals surface area contributed by atoms with Gasteiger partial charge in [-0.2, -0.15) is 0 Å². The first-order chi connectivity index (χ1) is 12.1. The number of carbonyl (C=O) groups excluding carboxylic acids is 2. The summed E-state index contributed by atoms with van der Waals surface area (Å²) in [5.41, 5.74) is 4.07. The van der Waals surface area contributed by atoms with Crippen molar-refractivity contribution in [1.82, 2.24) is 14.8 Å². The lowest BCUT2D eigenvalue weighted by molar-refractivity contribution is -0.139. The summed E-state index contributed by atoms with van der Waals surface area (Å²) < 4.78 is 0. The van der Waals surface area contributed by atoms with Gasteiger partial charge in [0.15, 0.2) is 0 Å². The first-order valence-electron chi connectivity index (χ1n) is 9.24. The standard InChI is InChI=1S/C20H23N3O2/c1-22-10-12(11-23-18(24)5-6-19(23)25)7-15-14-3-2-4-16-20(14)13(9-21-16)8-17(15)22/h2-4,9,12,15,17,21H,5-8,10-11H2,1H3/t12?,15-,17-/m1/s1. The van der Waals surface area contributed by atoms with E-state index in [1.807, 2.05) is 0 Å². The molecular formula is C20H23N3O2. The summed E-state index contributed by atoms with van der Waals surface area (Å²) in [4.78, 5) is 31.3. The molecular weight excluding hydrogens is 314 g/mol. The monoisotopic (exact) mass is 337 g/mol. The van der Waals surface area contributed by atoms with Gasteiger partial charge in [-0.15, -0.1) is 0 Å². The van der Waals surface area contributed by atoms with Crippen LogP contribution >= 0.6 is 0 Å². The SMILES string of the molecule is CN1CC(CN2C(=O)CCC2=O)C[C@@H]2c3cccc4[nH]cc(c34)C[C@H]21. The molecule has 3 atom stereocenters. The average molecular weight is 337 g/mol. The third-order valence-corrected chi connectivity index (χ3v) is 6.41. The molecule has 1 aromatic carbocycles. The second-order valence-corrected chi connectivity index (χ2v) is 7.90. The molecule has 0 bridgehead atoms. The van der Waals surface area contributed by atoms with Crippen molar-refractivity contribution in [2.24, 2.45) is 5.92 Å². The number of benzene rings is 1. The maximum Gasteiger partial charge on any atom is 0.229 e. The molecule has 5 nitrogen and oxygen atoms in total. The molecule has 25 heavy (non-hydrogen) atoms. The molecule has 2 fully saturated rings. The van der Waals surface area contributed by atoms with Crippen molar-refractivity contribution in [2.45, 2.75) is 37.6 Å². The normalized spacial score (nSPS) is 29.5. The van der Waals surface area contributed by atoms with E-state index >= 15 is 0 Å². The quantitative estimate of drug-likeness (QED) is 0.856. The highest BCUT2D eigenvalue weighted by atomic mass is 16.2. The van der Waals surface area contributed by atoms with Crippen LogP contribution < -0.4 is 0 Å². The maximum absolute atomic E-state index is 12.0. The summed E-state index contributed by atoms with van der Waals surface area (Å²) in [5.74, 6) is 0.846. The van der Waals surface area contributed by atoms with E-state index in [0.717, 1.165) is 19.4 Å². The highest BCUT2D eigenvalue weighted by molar-refractivity contribution is 6.01. The minimum absolute atomic E-state index is 0.00782. The number of H-pyrrole nitrogens is 1. The molecule has 1 unspecified atom stereocenters. The van der Waals surface area contributed by atoms with E-state index in [9.17, 15) is 9.59 Å². The van der Waals surface area contributed by atoms with Gasteiger partial charge in [0.1, 0.15) is 0 Å². The van der Waals surface area contributed by atoms with E-state index in [2.05, 4.69) is 41.3 Å². The van der Waals surface area contributed by atoms with E-state index in [0.29, 0.717) is 37.3 Å². The van der Waals surface area contributed by atoms with Crippen LogP contribution in [0, 0.1) is 5.92 Å². The van der Waals surface area contributed by atoms with Crippen molar-refractivity contribution < 1.29 is 9.59 Å². The van der Waals surface area contributed by atoms with E-state index in [4.69, 9.17) is 0 Å². The van der Waals surface area contributed by atoms with Gasteiger partial charge in [-0.1, -0.05) is 12.1 Å². The lowest BCUT2D eigenvalue weighted by Crippen LogP contribution is -2.50. The van der Waals surface area contributed by atoms with Crippen molar-refractivity contribution in [2.75, 3.05) is 20.1 Å². The molecule has 5 rings (SSSR count). The van der Waals surface area contributed by atoms with Crippen molar-refractivity contribution in [3.63, 3.8) is 0 Å². The number of likely N-dealkylation sites (tertiary alicyclic amines) is 2. The molecule has 2 amide bonds. The summed E-state index contributed by atoms with van der Waals surface area (Å²) in [6.07, 6.45) is 5.06.